The van der Waals surface area contributed by atoms with Crippen molar-refractivity contribution in [1.29, 1.82) is 0 Å². The lowest BCUT2D eigenvalue weighted by Gasteiger charge is -2.53. The zero-order valence-corrected chi connectivity index (χ0v) is 14.4. The van der Waals surface area contributed by atoms with Crippen LogP contribution in [0, 0.1) is 17.3 Å². The molecule has 3 aliphatic rings. The molecule has 0 unspecified atom stereocenters. The van der Waals surface area contributed by atoms with E-state index in [1.54, 1.807) is 6.92 Å². The van der Waals surface area contributed by atoms with Crippen LogP contribution in [0.2, 0.25) is 0 Å². The quantitative estimate of drug-likeness (QED) is 0.477. The van der Waals surface area contributed by atoms with Gasteiger partial charge >= 0.3 is 11.9 Å². The second-order valence-electron chi connectivity index (χ2n) is 7.53. The van der Waals surface area contributed by atoms with Crippen molar-refractivity contribution in [2.24, 2.45) is 17.3 Å². The molecule has 6 atom stereocenters. The molecule has 24 heavy (non-hydrogen) atoms. The van der Waals surface area contributed by atoms with Gasteiger partial charge in [0.25, 0.3) is 0 Å². The Balaban J connectivity index is 2.02. The Morgan fingerprint density at radius 2 is 2.17 bits per heavy atom. The van der Waals surface area contributed by atoms with E-state index in [0.717, 1.165) is 5.57 Å². The summed E-state index contributed by atoms with van der Waals surface area (Å²) < 4.78 is 11.2. The largest absolute Gasteiger partial charge is 0.458 e. The molecule has 0 aromatic heterocycles. The Labute approximate surface area is 142 Å². The molecule has 3 rings (SSSR count). The summed E-state index contributed by atoms with van der Waals surface area (Å²) >= 11 is 0. The van der Waals surface area contributed by atoms with Gasteiger partial charge in [-0.25, -0.2) is 9.59 Å². The first-order valence-corrected chi connectivity index (χ1v) is 8.27. The minimum Gasteiger partial charge on any atom is -0.458 e. The summed E-state index contributed by atoms with van der Waals surface area (Å²) in [7, 11) is 0. The highest BCUT2D eigenvalue weighted by Crippen LogP contribution is 2.56. The molecule has 0 amide bonds. The van der Waals surface area contributed by atoms with Gasteiger partial charge in [0.05, 0.1) is 12.0 Å². The van der Waals surface area contributed by atoms with Crippen LogP contribution >= 0.6 is 0 Å². The number of rotatable bonds is 2. The number of esters is 2. The average Bonchev–Trinajstić information content (AvgIpc) is 2.78. The van der Waals surface area contributed by atoms with Gasteiger partial charge in [-0.3, -0.25) is 0 Å². The standard InChI is InChI=1S/C19H24O5/c1-9(2)17(21)23-12-8-19(5)13(20)7-6-10(3)15(19)16-14(12)11(4)18(22)24-16/h6,12-16,20H,1,4,7-8H2,2-3,5H3/t12-,13+,14+,15+,16-,19-/m0/s1. The van der Waals surface area contributed by atoms with Crippen LogP contribution < -0.4 is 0 Å². The fourth-order valence-electron chi connectivity index (χ4n) is 4.55. The molecule has 5 heteroatoms. The normalized spacial score (nSPS) is 41.0. The van der Waals surface area contributed by atoms with E-state index >= 15 is 0 Å². The molecule has 0 spiro atoms. The average molecular weight is 332 g/mol. The van der Waals surface area contributed by atoms with Gasteiger partial charge in [0.1, 0.15) is 12.2 Å². The molecule has 0 bridgehead atoms. The van der Waals surface area contributed by atoms with Gasteiger partial charge in [-0.1, -0.05) is 31.7 Å². The molecular weight excluding hydrogens is 308 g/mol. The number of ether oxygens (including phenoxy) is 2. The van der Waals surface area contributed by atoms with E-state index in [1.165, 1.54) is 0 Å². The second-order valence-corrected chi connectivity index (χ2v) is 7.53. The molecule has 1 aliphatic heterocycles. The van der Waals surface area contributed by atoms with E-state index in [1.807, 2.05) is 19.9 Å². The Hall–Kier alpha value is -1.88. The van der Waals surface area contributed by atoms with Crippen LogP contribution in [0.25, 0.3) is 0 Å². The number of carbonyl (C=O) groups is 2. The zero-order chi connectivity index (χ0) is 17.8. The highest BCUT2D eigenvalue weighted by molar-refractivity contribution is 5.91. The van der Waals surface area contributed by atoms with Crippen molar-refractivity contribution < 1.29 is 24.2 Å². The Morgan fingerprint density at radius 1 is 1.50 bits per heavy atom. The third-order valence-corrected chi connectivity index (χ3v) is 5.86. The molecule has 0 radical (unpaired) electrons. The van der Waals surface area contributed by atoms with Gasteiger partial charge in [0.15, 0.2) is 0 Å². The van der Waals surface area contributed by atoms with E-state index in [9.17, 15) is 14.7 Å². The molecule has 1 saturated carbocycles. The summed E-state index contributed by atoms with van der Waals surface area (Å²) in [6, 6.07) is 0. The van der Waals surface area contributed by atoms with Gasteiger partial charge < -0.3 is 14.6 Å². The second kappa shape index (κ2) is 5.59. The predicted molar refractivity (Wildman–Crippen MR) is 87.8 cm³/mol. The molecule has 1 N–H and O–H groups in total. The van der Waals surface area contributed by atoms with E-state index in [4.69, 9.17) is 9.47 Å². The lowest BCUT2D eigenvalue weighted by atomic mass is 9.54. The maximum absolute atomic E-state index is 12.1. The lowest BCUT2D eigenvalue weighted by molar-refractivity contribution is -0.172. The van der Waals surface area contributed by atoms with Crippen LogP contribution in [0.3, 0.4) is 0 Å². The monoisotopic (exact) mass is 332 g/mol. The predicted octanol–water partition coefficient (Wildman–Crippen LogP) is 2.31. The third-order valence-electron chi connectivity index (χ3n) is 5.86. The Morgan fingerprint density at radius 3 is 2.79 bits per heavy atom. The van der Waals surface area contributed by atoms with Gasteiger partial charge in [0.2, 0.25) is 0 Å². The number of aliphatic hydroxyl groups is 1. The molecule has 0 aromatic rings. The topological polar surface area (TPSA) is 72.8 Å². The minimum atomic E-state index is -0.578. The van der Waals surface area contributed by atoms with E-state index < -0.39 is 35.7 Å². The van der Waals surface area contributed by atoms with E-state index in [-0.39, 0.29) is 11.8 Å². The first-order valence-electron chi connectivity index (χ1n) is 8.27. The number of hydrogen-bond acceptors (Lipinski definition) is 5. The van der Waals surface area contributed by atoms with Crippen molar-refractivity contribution in [3.8, 4) is 0 Å². The maximum Gasteiger partial charge on any atom is 0.334 e. The summed E-state index contributed by atoms with van der Waals surface area (Å²) in [6.45, 7) is 13.0. The van der Waals surface area contributed by atoms with Crippen LogP contribution in [0.4, 0.5) is 0 Å². The molecule has 0 aromatic carbocycles. The minimum absolute atomic E-state index is 0.103. The van der Waals surface area contributed by atoms with Crippen molar-refractivity contribution in [1.82, 2.24) is 0 Å². The van der Waals surface area contributed by atoms with Crippen LogP contribution in [-0.2, 0) is 19.1 Å². The van der Waals surface area contributed by atoms with Crippen molar-refractivity contribution in [3.05, 3.63) is 36.0 Å². The molecule has 2 aliphatic carbocycles. The van der Waals surface area contributed by atoms with Gasteiger partial charge in [-0.05, 0) is 26.7 Å². The molecular formula is C19H24O5. The fraction of sp³-hybridized carbons (Fsp3) is 0.579. The summed E-state index contributed by atoms with van der Waals surface area (Å²) in [5.41, 5.74) is 1.22. The SMILES string of the molecule is C=C(C)C(=O)O[C@H]1C[C@@]2(C)[C@H](O)CC=C(C)[C@@H]2[C@H]2OC(=O)C(=C)[C@@H]21. The number of hydrogen-bond donors (Lipinski definition) is 1. The van der Waals surface area contributed by atoms with Crippen LogP contribution in [-0.4, -0.2) is 35.4 Å². The first kappa shape index (κ1) is 17.0. The van der Waals surface area contributed by atoms with Crippen LogP contribution in [0.15, 0.2) is 36.0 Å². The summed E-state index contributed by atoms with van der Waals surface area (Å²) in [4.78, 5) is 24.2. The van der Waals surface area contributed by atoms with Crippen molar-refractivity contribution in [2.75, 3.05) is 0 Å². The molecule has 2 fully saturated rings. The lowest BCUT2D eigenvalue weighted by Crippen LogP contribution is -2.57. The first-order chi connectivity index (χ1) is 11.2. The van der Waals surface area contributed by atoms with E-state index in [0.29, 0.717) is 24.0 Å². The van der Waals surface area contributed by atoms with E-state index in [2.05, 4.69) is 13.2 Å². The van der Waals surface area contributed by atoms with Crippen LogP contribution in [0.1, 0.15) is 33.6 Å². The maximum atomic E-state index is 12.1. The van der Waals surface area contributed by atoms with Crippen molar-refractivity contribution in [3.63, 3.8) is 0 Å². The molecule has 1 heterocycles. The number of carbonyl (C=O) groups excluding carboxylic acids is 2. The van der Waals surface area contributed by atoms with Crippen molar-refractivity contribution in [2.45, 2.75) is 51.9 Å². The third kappa shape index (κ3) is 2.34. The Bertz CT molecular complexity index is 661. The number of fused-ring (bicyclic) bond motifs is 3. The summed E-state index contributed by atoms with van der Waals surface area (Å²) in [6.07, 6.45) is 1.42. The van der Waals surface area contributed by atoms with Gasteiger partial charge in [0, 0.05) is 22.5 Å². The zero-order valence-electron chi connectivity index (χ0n) is 14.4. The Kier molecular flexibility index (Phi) is 3.95. The molecule has 1 saturated heterocycles. The van der Waals surface area contributed by atoms with Crippen LogP contribution in [0.5, 0.6) is 0 Å². The van der Waals surface area contributed by atoms with Crippen molar-refractivity contribution >= 4 is 11.9 Å². The number of aliphatic hydroxyl groups excluding tert-OH is 1. The smallest absolute Gasteiger partial charge is 0.334 e. The summed E-state index contributed by atoms with van der Waals surface area (Å²) in [5, 5.41) is 10.6. The van der Waals surface area contributed by atoms with Gasteiger partial charge in [-0.2, -0.15) is 0 Å². The molecule has 5 nitrogen and oxygen atoms in total. The fourth-order valence-corrected chi connectivity index (χ4v) is 4.55. The molecule has 130 valence electrons. The van der Waals surface area contributed by atoms with Gasteiger partial charge in [-0.15, -0.1) is 0 Å². The highest BCUT2D eigenvalue weighted by atomic mass is 16.6. The highest BCUT2D eigenvalue weighted by Gasteiger charge is 2.61. The summed E-state index contributed by atoms with van der Waals surface area (Å²) in [5.74, 6) is -1.43.